The first-order valence-electron chi connectivity index (χ1n) is 8.57. The smallest absolute Gasteiger partial charge is 0.0348 e. The number of hydrogen-bond acceptors (Lipinski definition) is 1. The van der Waals surface area contributed by atoms with E-state index in [4.69, 9.17) is 0 Å². The van der Waals surface area contributed by atoms with Crippen LogP contribution in [0.15, 0.2) is 24.3 Å². The summed E-state index contributed by atoms with van der Waals surface area (Å²) in [5.74, 6) is 1.59. The van der Waals surface area contributed by atoms with Gasteiger partial charge in [-0.25, -0.2) is 0 Å². The maximum Gasteiger partial charge on any atom is 0.0348 e. The van der Waals surface area contributed by atoms with Gasteiger partial charge in [-0.1, -0.05) is 63.8 Å². The van der Waals surface area contributed by atoms with Gasteiger partial charge in [0, 0.05) is 6.04 Å². The molecule has 1 N–H and O–H groups in total. The van der Waals surface area contributed by atoms with Crippen LogP contribution in [0.2, 0.25) is 0 Å². The Labute approximate surface area is 125 Å². The van der Waals surface area contributed by atoms with Crippen molar-refractivity contribution in [2.45, 2.75) is 70.8 Å². The van der Waals surface area contributed by atoms with Crippen molar-refractivity contribution in [3.63, 3.8) is 0 Å². The van der Waals surface area contributed by atoms with Crippen LogP contribution >= 0.6 is 0 Å². The van der Waals surface area contributed by atoms with E-state index in [1.54, 1.807) is 11.1 Å². The lowest BCUT2D eigenvalue weighted by Crippen LogP contribution is -2.27. The summed E-state index contributed by atoms with van der Waals surface area (Å²) >= 11 is 0. The number of hydrogen-bond donors (Lipinski definition) is 1. The molecule has 1 saturated carbocycles. The Hall–Kier alpha value is -0.820. The van der Waals surface area contributed by atoms with E-state index in [0.717, 1.165) is 11.8 Å². The highest BCUT2D eigenvalue weighted by atomic mass is 14.9. The predicted octanol–water partition coefficient (Wildman–Crippen LogP) is 5.43. The average molecular weight is 273 g/mol. The molecule has 0 radical (unpaired) electrons. The summed E-state index contributed by atoms with van der Waals surface area (Å²) in [4.78, 5) is 0. The molecule has 2 atom stereocenters. The quantitative estimate of drug-likeness (QED) is 0.666. The third-order valence-electron chi connectivity index (χ3n) is 5.11. The molecule has 112 valence electrons. The van der Waals surface area contributed by atoms with E-state index in [1.807, 2.05) is 0 Å². The van der Waals surface area contributed by atoms with Crippen molar-refractivity contribution >= 4 is 0 Å². The summed E-state index contributed by atoms with van der Waals surface area (Å²) in [6.07, 6.45) is 9.45. The average Bonchev–Trinajstić information content (AvgIpc) is 2.43. The van der Waals surface area contributed by atoms with Crippen molar-refractivity contribution in [2.75, 3.05) is 7.05 Å². The molecule has 1 aliphatic rings. The number of benzene rings is 1. The molecule has 0 saturated heterocycles. The minimum absolute atomic E-state index is 0.531. The van der Waals surface area contributed by atoms with Gasteiger partial charge < -0.3 is 5.32 Å². The minimum Gasteiger partial charge on any atom is -0.313 e. The van der Waals surface area contributed by atoms with Crippen LogP contribution in [-0.2, 0) is 0 Å². The summed E-state index contributed by atoms with van der Waals surface area (Å²) in [5, 5.41) is 3.62. The molecule has 0 amide bonds. The van der Waals surface area contributed by atoms with Crippen molar-refractivity contribution in [1.82, 2.24) is 5.32 Å². The predicted molar refractivity (Wildman–Crippen MR) is 88.1 cm³/mol. The Balaban J connectivity index is 2.21. The van der Waals surface area contributed by atoms with Crippen LogP contribution in [-0.4, -0.2) is 7.05 Å². The van der Waals surface area contributed by atoms with Gasteiger partial charge >= 0.3 is 0 Å². The zero-order valence-corrected chi connectivity index (χ0v) is 13.5. The summed E-state index contributed by atoms with van der Waals surface area (Å²) < 4.78 is 0. The molecule has 0 aliphatic heterocycles. The maximum absolute atomic E-state index is 3.62. The van der Waals surface area contributed by atoms with Crippen molar-refractivity contribution in [3.05, 3.63) is 35.4 Å². The molecular formula is C19H31N. The van der Waals surface area contributed by atoms with Crippen LogP contribution < -0.4 is 5.32 Å². The lowest BCUT2D eigenvalue weighted by molar-refractivity contribution is 0.331. The molecule has 1 aromatic rings. The number of nitrogens with one attached hydrogen (secondary N) is 1. The van der Waals surface area contributed by atoms with E-state index in [9.17, 15) is 0 Å². The van der Waals surface area contributed by atoms with Gasteiger partial charge in [-0.15, -0.1) is 0 Å². The minimum atomic E-state index is 0.531. The van der Waals surface area contributed by atoms with E-state index < -0.39 is 0 Å². The fraction of sp³-hybridized carbons (Fsp3) is 0.684. The van der Waals surface area contributed by atoms with Crippen LogP contribution in [0.3, 0.4) is 0 Å². The fourth-order valence-electron chi connectivity index (χ4n) is 3.60. The molecule has 0 heterocycles. The summed E-state index contributed by atoms with van der Waals surface area (Å²) in [6.45, 7) is 4.64. The molecule has 0 aromatic heterocycles. The van der Waals surface area contributed by atoms with Crippen molar-refractivity contribution in [1.29, 1.82) is 0 Å². The lowest BCUT2D eigenvalue weighted by Gasteiger charge is -2.33. The number of unbranched alkanes of at least 4 members (excludes halogenated alkanes) is 1. The standard InChI is InChI=1S/C19H31N/c1-4-6-10-15(5-2)19(20-3)18-14-8-7-13-17(18)16-11-9-12-16/h7-8,13-16,19-20H,4-6,9-12H2,1-3H3. The maximum atomic E-state index is 3.62. The molecule has 1 nitrogen and oxygen atoms in total. The molecule has 1 heteroatoms. The Morgan fingerprint density at radius 1 is 1.20 bits per heavy atom. The Morgan fingerprint density at radius 2 is 1.95 bits per heavy atom. The molecular weight excluding hydrogens is 242 g/mol. The third-order valence-corrected chi connectivity index (χ3v) is 5.11. The summed E-state index contributed by atoms with van der Waals surface area (Å²) in [6, 6.07) is 9.70. The van der Waals surface area contributed by atoms with Crippen molar-refractivity contribution in [2.24, 2.45) is 5.92 Å². The van der Waals surface area contributed by atoms with Gasteiger partial charge in [-0.3, -0.25) is 0 Å². The highest BCUT2D eigenvalue weighted by molar-refractivity contribution is 5.34. The SMILES string of the molecule is CCCCC(CC)C(NC)c1ccccc1C1CCC1. The van der Waals surface area contributed by atoms with E-state index >= 15 is 0 Å². The van der Waals surface area contributed by atoms with Crippen molar-refractivity contribution in [3.8, 4) is 0 Å². The van der Waals surface area contributed by atoms with Gasteiger partial charge in [0.1, 0.15) is 0 Å². The first-order valence-corrected chi connectivity index (χ1v) is 8.57. The topological polar surface area (TPSA) is 12.0 Å². The van der Waals surface area contributed by atoms with Gasteiger partial charge in [-0.2, -0.15) is 0 Å². The van der Waals surface area contributed by atoms with Gasteiger partial charge in [0.15, 0.2) is 0 Å². The third kappa shape index (κ3) is 3.44. The number of rotatable bonds is 8. The Kier molecular flexibility index (Phi) is 6.09. The van der Waals surface area contributed by atoms with E-state index in [0.29, 0.717) is 6.04 Å². The Bertz CT molecular complexity index is 395. The molecule has 1 aromatic carbocycles. The van der Waals surface area contributed by atoms with E-state index in [-0.39, 0.29) is 0 Å². The first-order chi connectivity index (χ1) is 9.81. The van der Waals surface area contributed by atoms with Gasteiger partial charge in [0.2, 0.25) is 0 Å². The van der Waals surface area contributed by atoms with Gasteiger partial charge in [-0.05, 0) is 49.3 Å². The van der Waals surface area contributed by atoms with Gasteiger partial charge in [0.05, 0.1) is 0 Å². The van der Waals surface area contributed by atoms with E-state index in [1.165, 1.54) is 44.9 Å². The monoisotopic (exact) mass is 273 g/mol. The molecule has 2 rings (SSSR count). The second-order valence-electron chi connectivity index (χ2n) is 6.33. The largest absolute Gasteiger partial charge is 0.313 e. The lowest BCUT2D eigenvalue weighted by atomic mass is 9.75. The zero-order chi connectivity index (χ0) is 14.4. The highest BCUT2D eigenvalue weighted by Crippen LogP contribution is 2.41. The highest BCUT2D eigenvalue weighted by Gasteiger charge is 2.27. The molecule has 2 unspecified atom stereocenters. The van der Waals surface area contributed by atoms with Crippen LogP contribution in [0.25, 0.3) is 0 Å². The fourth-order valence-corrected chi connectivity index (χ4v) is 3.60. The molecule has 0 bridgehead atoms. The molecule has 1 fully saturated rings. The van der Waals surface area contributed by atoms with Crippen molar-refractivity contribution < 1.29 is 0 Å². The van der Waals surface area contributed by atoms with Crippen LogP contribution in [0.4, 0.5) is 0 Å². The molecule has 1 aliphatic carbocycles. The molecule has 20 heavy (non-hydrogen) atoms. The van der Waals surface area contributed by atoms with Crippen LogP contribution in [0.1, 0.15) is 81.9 Å². The van der Waals surface area contributed by atoms with E-state index in [2.05, 4.69) is 50.5 Å². The second-order valence-corrected chi connectivity index (χ2v) is 6.33. The molecule has 0 spiro atoms. The van der Waals surface area contributed by atoms with Crippen LogP contribution in [0.5, 0.6) is 0 Å². The normalized spacial score (nSPS) is 18.6. The second kappa shape index (κ2) is 7.83. The summed E-state index contributed by atoms with van der Waals surface area (Å²) in [5.41, 5.74) is 3.19. The zero-order valence-electron chi connectivity index (χ0n) is 13.5. The summed E-state index contributed by atoms with van der Waals surface area (Å²) in [7, 11) is 2.14. The Morgan fingerprint density at radius 3 is 2.50 bits per heavy atom. The first kappa shape index (κ1) is 15.6. The van der Waals surface area contributed by atoms with Gasteiger partial charge in [0.25, 0.3) is 0 Å². The van der Waals surface area contributed by atoms with Crippen LogP contribution in [0, 0.1) is 5.92 Å².